The largest absolute Gasteiger partial charge is 0.347 e. The third-order valence-corrected chi connectivity index (χ3v) is 3.91. The molecule has 6 nitrogen and oxygen atoms in total. The van der Waals surface area contributed by atoms with Crippen LogP contribution in [0.3, 0.4) is 0 Å². The van der Waals surface area contributed by atoms with Gasteiger partial charge in [0.25, 0.3) is 5.91 Å². The van der Waals surface area contributed by atoms with Gasteiger partial charge in [0.15, 0.2) is 0 Å². The number of aromatic nitrogens is 3. The van der Waals surface area contributed by atoms with Crippen LogP contribution in [0.5, 0.6) is 0 Å². The second-order valence-electron chi connectivity index (χ2n) is 6.20. The molecular weight excluding hydrogens is 326 g/mol. The zero-order valence-corrected chi connectivity index (χ0v) is 14.8. The van der Waals surface area contributed by atoms with E-state index in [0.29, 0.717) is 18.3 Å². The maximum Gasteiger partial charge on any atom is 0.271 e. The van der Waals surface area contributed by atoms with Crippen molar-refractivity contribution in [3.05, 3.63) is 78.0 Å². The molecule has 0 bridgehead atoms. The van der Waals surface area contributed by atoms with Crippen LogP contribution < -0.4 is 10.6 Å². The molecule has 0 radical (unpaired) electrons. The fraction of sp³-hybridized carbons (Fsp3) is 0.200. The molecule has 0 fully saturated rings. The monoisotopic (exact) mass is 347 g/mol. The van der Waals surface area contributed by atoms with Crippen LogP contribution >= 0.6 is 0 Å². The molecule has 0 aliphatic heterocycles. The highest BCUT2D eigenvalue weighted by Gasteiger charge is 2.10. The van der Waals surface area contributed by atoms with Gasteiger partial charge in [0, 0.05) is 24.6 Å². The molecular formula is C20H21N5O. The Labute approximate surface area is 152 Å². The minimum Gasteiger partial charge on any atom is -0.347 e. The number of amides is 1. The number of nitrogens with zero attached hydrogens (tertiary/aromatic N) is 3. The highest BCUT2D eigenvalue weighted by molar-refractivity contribution is 5.92. The smallest absolute Gasteiger partial charge is 0.271 e. The van der Waals surface area contributed by atoms with Crippen molar-refractivity contribution in [3.63, 3.8) is 0 Å². The molecule has 6 heteroatoms. The van der Waals surface area contributed by atoms with Crippen molar-refractivity contribution >= 4 is 17.4 Å². The van der Waals surface area contributed by atoms with E-state index in [4.69, 9.17) is 0 Å². The molecule has 2 aromatic heterocycles. The number of nitrogens with one attached hydrogen (secondary N) is 2. The van der Waals surface area contributed by atoms with Crippen LogP contribution in [0.15, 0.2) is 61.2 Å². The van der Waals surface area contributed by atoms with Gasteiger partial charge < -0.3 is 10.6 Å². The Hall–Kier alpha value is -3.28. The molecule has 2 heterocycles. The van der Waals surface area contributed by atoms with Gasteiger partial charge >= 0.3 is 0 Å². The van der Waals surface area contributed by atoms with Crippen molar-refractivity contribution in [1.29, 1.82) is 0 Å². The van der Waals surface area contributed by atoms with Crippen molar-refractivity contribution in [2.75, 3.05) is 5.32 Å². The summed E-state index contributed by atoms with van der Waals surface area (Å²) < 4.78 is 0. The normalized spacial score (nSPS) is 10.6. The Balaban J connectivity index is 1.64. The van der Waals surface area contributed by atoms with Crippen molar-refractivity contribution < 1.29 is 4.79 Å². The topological polar surface area (TPSA) is 79.8 Å². The third kappa shape index (κ3) is 4.42. The van der Waals surface area contributed by atoms with Gasteiger partial charge in [0.1, 0.15) is 11.5 Å². The predicted molar refractivity (Wildman–Crippen MR) is 101 cm³/mol. The standard InChI is InChI=1S/C20H21N5O/c1-14(2)16-7-3-4-8-17(16)25-19-13-22-18(12-23-19)20(26)24-11-15-6-5-9-21-10-15/h3-10,12-14H,11H2,1-2H3,(H,23,25)(H,24,26). The van der Waals surface area contributed by atoms with E-state index < -0.39 is 0 Å². The number of carbonyl (C=O) groups excluding carboxylic acids is 1. The van der Waals surface area contributed by atoms with Gasteiger partial charge in [-0.2, -0.15) is 0 Å². The number of anilines is 2. The van der Waals surface area contributed by atoms with E-state index in [1.165, 1.54) is 11.8 Å². The highest BCUT2D eigenvalue weighted by atomic mass is 16.1. The summed E-state index contributed by atoms with van der Waals surface area (Å²) in [5, 5.41) is 6.07. The number of hydrogen-bond acceptors (Lipinski definition) is 5. The fourth-order valence-corrected chi connectivity index (χ4v) is 2.54. The Bertz CT molecular complexity index is 863. The zero-order valence-electron chi connectivity index (χ0n) is 14.8. The molecule has 0 saturated heterocycles. The number of rotatable bonds is 6. The summed E-state index contributed by atoms with van der Waals surface area (Å²) in [6.07, 6.45) is 6.44. The molecule has 1 aromatic carbocycles. The first-order valence-corrected chi connectivity index (χ1v) is 8.48. The molecule has 3 rings (SSSR count). The molecule has 3 aromatic rings. The Kier molecular flexibility index (Phi) is 5.53. The van der Waals surface area contributed by atoms with Crippen molar-refractivity contribution in [2.45, 2.75) is 26.3 Å². The second kappa shape index (κ2) is 8.20. The lowest BCUT2D eigenvalue weighted by Gasteiger charge is -2.13. The molecule has 0 spiro atoms. The van der Waals surface area contributed by atoms with Crippen LogP contribution in [0.4, 0.5) is 11.5 Å². The first kappa shape index (κ1) is 17.5. The lowest BCUT2D eigenvalue weighted by atomic mass is 10.0. The maximum absolute atomic E-state index is 12.2. The highest BCUT2D eigenvalue weighted by Crippen LogP contribution is 2.25. The molecule has 0 aliphatic rings. The molecule has 1 amide bonds. The lowest BCUT2D eigenvalue weighted by molar-refractivity contribution is 0.0945. The summed E-state index contributed by atoms with van der Waals surface area (Å²) in [5.41, 5.74) is 3.40. The molecule has 0 atom stereocenters. The molecule has 2 N–H and O–H groups in total. The quantitative estimate of drug-likeness (QED) is 0.711. The Morgan fingerprint density at radius 1 is 1.04 bits per heavy atom. The van der Waals surface area contributed by atoms with Gasteiger partial charge in [-0.3, -0.25) is 9.78 Å². The minimum absolute atomic E-state index is 0.268. The molecule has 132 valence electrons. The number of carbonyl (C=O) groups is 1. The predicted octanol–water partition coefficient (Wildman–Crippen LogP) is 3.67. The van der Waals surface area contributed by atoms with E-state index in [1.54, 1.807) is 18.6 Å². The molecule has 0 unspecified atom stereocenters. The summed E-state index contributed by atoms with van der Waals surface area (Å²) in [4.78, 5) is 24.7. The summed E-state index contributed by atoms with van der Waals surface area (Å²) >= 11 is 0. The Morgan fingerprint density at radius 2 is 1.88 bits per heavy atom. The van der Waals surface area contributed by atoms with Gasteiger partial charge in [0.05, 0.1) is 12.4 Å². The van der Waals surface area contributed by atoms with E-state index in [9.17, 15) is 4.79 Å². The van der Waals surface area contributed by atoms with Crippen LogP contribution in [0.1, 0.15) is 41.4 Å². The van der Waals surface area contributed by atoms with Gasteiger partial charge in [-0.05, 0) is 29.2 Å². The SMILES string of the molecule is CC(C)c1ccccc1Nc1cnc(C(=O)NCc2cccnc2)cn1. The first-order chi connectivity index (χ1) is 12.6. The Morgan fingerprint density at radius 3 is 2.58 bits per heavy atom. The third-order valence-electron chi connectivity index (χ3n) is 3.91. The summed E-state index contributed by atoms with van der Waals surface area (Å²) in [7, 11) is 0. The lowest BCUT2D eigenvalue weighted by Crippen LogP contribution is -2.24. The first-order valence-electron chi connectivity index (χ1n) is 8.48. The summed E-state index contributed by atoms with van der Waals surface area (Å²) in [6, 6.07) is 11.8. The second-order valence-corrected chi connectivity index (χ2v) is 6.20. The maximum atomic E-state index is 12.2. The van der Waals surface area contributed by atoms with Crippen LogP contribution in [0.25, 0.3) is 0 Å². The van der Waals surface area contributed by atoms with Gasteiger partial charge in [-0.15, -0.1) is 0 Å². The van der Waals surface area contributed by atoms with E-state index in [0.717, 1.165) is 11.3 Å². The average Bonchev–Trinajstić information content (AvgIpc) is 2.68. The van der Waals surface area contributed by atoms with Crippen molar-refractivity contribution in [2.24, 2.45) is 0 Å². The van der Waals surface area contributed by atoms with E-state index in [-0.39, 0.29) is 11.6 Å². The molecule has 26 heavy (non-hydrogen) atoms. The number of para-hydroxylation sites is 1. The average molecular weight is 347 g/mol. The summed E-state index contributed by atoms with van der Waals surface area (Å²) in [5.74, 6) is 0.724. The number of hydrogen-bond donors (Lipinski definition) is 2. The number of benzene rings is 1. The van der Waals surface area contributed by atoms with Crippen molar-refractivity contribution in [3.8, 4) is 0 Å². The zero-order chi connectivity index (χ0) is 18.4. The van der Waals surface area contributed by atoms with Crippen LogP contribution in [0, 0.1) is 0 Å². The number of pyridine rings is 1. The van der Waals surface area contributed by atoms with Crippen LogP contribution in [-0.4, -0.2) is 20.9 Å². The van der Waals surface area contributed by atoms with Gasteiger partial charge in [-0.25, -0.2) is 9.97 Å². The minimum atomic E-state index is -0.268. The van der Waals surface area contributed by atoms with Gasteiger partial charge in [-0.1, -0.05) is 38.1 Å². The van der Waals surface area contributed by atoms with Gasteiger partial charge in [0.2, 0.25) is 0 Å². The van der Waals surface area contributed by atoms with E-state index in [2.05, 4.69) is 45.5 Å². The fourth-order valence-electron chi connectivity index (χ4n) is 2.54. The van der Waals surface area contributed by atoms with E-state index in [1.807, 2.05) is 30.3 Å². The van der Waals surface area contributed by atoms with Crippen LogP contribution in [0.2, 0.25) is 0 Å². The van der Waals surface area contributed by atoms with Crippen LogP contribution in [-0.2, 0) is 6.54 Å². The van der Waals surface area contributed by atoms with Crippen molar-refractivity contribution in [1.82, 2.24) is 20.3 Å². The van der Waals surface area contributed by atoms with E-state index >= 15 is 0 Å². The molecule has 0 aliphatic carbocycles. The summed E-state index contributed by atoms with van der Waals surface area (Å²) in [6.45, 7) is 4.68. The molecule has 0 saturated carbocycles.